The van der Waals surface area contributed by atoms with Crippen LogP contribution in [0.1, 0.15) is 41.7 Å². The van der Waals surface area contributed by atoms with Gasteiger partial charge in [-0.1, -0.05) is 6.07 Å². The molecule has 4 rings (SSSR count). The summed E-state index contributed by atoms with van der Waals surface area (Å²) >= 11 is 0. The summed E-state index contributed by atoms with van der Waals surface area (Å²) in [6.45, 7) is 1.78. The number of carbonyl (C=O) groups is 2. The third-order valence-electron chi connectivity index (χ3n) is 5.79. The first kappa shape index (κ1) is 18.4. The van der Waals surface area contributed by atoms with Crippen LogP contribution < -0.4 is 5.32 Å². The van der Waals surface area contributed by atoms with Crippen molar-refractivity contribution in [2.24, 2.45) is 0 Å². The fourth-order valence-electron chi connectivity index (χ4n) is 4.48. The first-order valence-electron chi connectivity index (χ1n) is 9.80. The van der Waals surface area contributed by atoms with Gasteiger partial charge in [-0.15, -0.1) is 0 Å². The lowest BCUT2D eigenvalue weighted by Crippen LogP contribution is -2.61. The fourth-order valence-corrected chi connectivity index (χ4v) is 4.48. The Morgan fingerprint density at radius 2 is 1.89 bits per heavy atom. The van der Waals surface area contributed by atoms with Crippen molar-refractivity contribution in [3.8, 4) is 0 Å². The van der Waals surface area contributed by atoms with Crippen molar-refractivity contribution in [3.05, 3.63) is 54.0 Å². The third-order valence-corrected chi connectivity index (χ3v) is 5.79. The molecule has 0 aliphatic carbocycles. The van der Waals surface area contributed by atoms with Crippen LogP contribution in [0.5, 0.6) is 0 Å². The molecule has 2 aliphatic heterocycles. The van der Waals surface area contributed by atoms with Gasteiger partial charge in [-0.3, -0.25) is 14.6 Å². The highest BCUT2D eigenvalue weighted by molar-refractivity contribution is 6.02. The van der Waals surface area contributed by atoms with E-state index in [0.29, 0.717) is 43.9 Å². The number of piperidine rings is 1. The Kier molecular flexibility index (Phi) is 4.98. The van der Waals surface area contributed by atoms with Crippen molar-refractivity contribution in [2.75, 3.05) is 25.5 Å². The Labute approximate surface area is 164 Å². The Balaban J connectivity index is 1.61. The molecular weight excluding hydrogens is 354 g/mol. The number of hydrogen-bond donors (Lipinski definition) is 1. The number of likely N-dealkylation sites (tertiary alicyclic amines) is 2. The highest BCUT2D eigenvalue weighted by atomic mass is 16.2. The van der Waals surface area contributed by atoms with Crippen LogP contribution >= 0.6 is 0 Å². The molecule has 1 unspecified atom stereocenters. The van der Waals surface area contributed by atoms with Gasteiger partial charge >= 0.3 is 0 Å². The van der Waals surface area contributed by atoms with E-state index >= 15 is 0 Å². The molecule has 2 aromatic rings. The van der Waals surface area contributed by atoms with E-state index in [9.17, 15) is 9.59 Å². The summed E-state index contributed by atoms with van der Waals surface area (Å²) in [4.78, 5) is 39.2. The van der Waals surface area contributed by atoms with Gasteiger partial charge in [-0.05, 0) is 49.9 Å². The second kappa shape index (κ2) is 7.58. The molecule has 7 nitrogen and oxygen atoms in total. The van der Waals surface area contributed by atoms with Crippen molar-refractivity contribution in [1.29, 1.82) is 0 Å². The standard InChI is InChI=1S/C21H25N5O2/c1-22-18-17(8-4-12-24-18)19(27)26-14-6-10-21(26)9-5-13-25(20(21)28)15-16-7-2-3-11-23-16/h2-4,7-8,11-12H,5-6,9-10,13-15H2,1H3,(H,22,24). The lowest BCUT2D eigenvalue weighted by atomic mass is 9.85. The summed E-state index contributed by atoms with van der Waals surface area (Å²) in [7, 11) is 1.75. The van der Waals surface area contributed by atoms with Crippen molar-refractivity contribution in [2.45, 2.75) is 37.8 Å². The normalized spacial score (nSPS) is 22.0. The van der Waals surface area contributed by atoms with E-state index < -0.39 is 5.54 Å². The lowest BCUT2D eigenvalue weighted by molar-refractivity contribution is -0.146. The van der Waals surface area contributed by atoms with Gasteiger partial charge < -0.3 is 15.1 Å². The van der Waals surface area contributed by atoms with Crippen LogP contribution in [0.15, 0.2) is 42.7 Å². The average molecular weight is 379 g/mol. The van der Waals surface area contributed by atoms with Crippen LogP contribution in [0.4, 0.5) is 5.82 Å². The number of carbonyl (C=O) groups excluding carboxylic acids is 2. The van der Waals surface area contributed by atoms with E-state index in [1.54, 1.807) is 36.5 Å². The van der Waals surface area contributed by atoms with E-state index in [2.05, 4.69) is 15.3 Å². The van der Waals surface area contributed by atoms with Crippen molar-refractivity contribution < 1.29 is 9.59 Å². The molecule has 2 fully saturated rings. The molecule has 0 bridgehead atoms. The average Bonchev–Trinajstić information content (AvgIpc) is 3.16. The number of nitrogens with zero attached hydrogens (tertiary/aromatic N) is 4. The van der Waals surface area contributed by atoms with Gasteiger partial charge in [0.25, 0.3) is 5.91 Å². The molecule has 0 radical (unpaired) electrons. The molecule has 0 aromatic carbocycles. The van der Waals surface area contributed by atoms with Crippen molar-refractivity contribution in [3.63, 3.8) is 0 Å². The highest BCUT2D eigenvalue weighted by Gasteiger charge is 2.53. The quantitative estimate of drug-likeness (QED) is 0.882. The van der Waals surface area contributed by atoms with Crippen molar-refractivity contribution in [1.82, 2.24) is 19.8 Å². The van der Waals surface area contributed by atoms with Gasteiger partial charge in [0.15, 0.2) is 0 Å². The van der Waals surface area contributed by atoms with E-state index in [1.165, 1.54) is 0 Å². The van der Waals surface area contributed by atoms with E-state index in [4.69, 9.17) is 0 Å². The molecule has 1 N–H and O–H groups in total. The van der Waals surface area contributed by atoms with E-state index in [-0.39, 0.29) is 11.8 Å². The summed E-state index contributed by atoms with van der Waals surface area (Å²) in [5.41, 5.74) is 0.639. The Bertz CT molecular complexity index is 872. The number of anilines is 1. The summed E-state index contributed by atoms with van der Waals surface area (Å²) in [5, 5.41) is 2.98. The van der Waals surface area contributed by atoms with Crippen LogP contribution in [0.3, 0.4) is 0 Å². The molecular formula is C21H25N5O2. The van der Waals surface area contributed by atoms with E-state index in [1.807, 2.05) is 23.1 Å². The predicted molar refractivity (Wildman–Crippen MR) is 106 cm³/mol. The molecule has 146 valence electrons. The molecule has 1 spiro atoms. The first-order valence-corrected chi connectivity index (χ1v) is 9.80. The zero-order valence-corrected chi connectivity index (χ0v) is 16.1. The van der Waals surface area contributed by atoms with Gasteiger partial charge in [-0.2, -0.15) is 0 Å². The zero-order chi connectivity index (χ0) is 19.6. The molecule has 1 atom stereocenters. The summed E-state index contributed by atoms with van der Waals surface area (Å²) in [6, 6.07) is 9.26. The number of nitrogens with one attached hydrogen (secondary N) is 1. The van der Waals surface area contributed by atoms with E-state index in [0.717, 1.165) is 18.5 Å². The monoisotopic (exact) mass is 379 g/mol. The Hall–Kier alpha value is -2.96. The highest BCUT2D eigenvalue weighted by Crippen LogP contribution is 2.40. The number of aromatic nitrogens is 2. The minimum Gasteiger partial charge on any atom is -0.372 e. The second-order valence-corrected chi connectivity index (χ2v) is 7.39. The largest absolute Gasteiger partial charge is 0.372 e. The van der Waals surface area contributed by atoms with Gasteiger partial charge in [0.2, 0.25) is 5.91 Å². The summed E-state index contributed by atoms with van der Waals surface area (Å²) in [5.74, 6) is 0.469. The molecule has 7 heteroatoms. The van der Waals surface area contributed by atoms with Gasteiger partial charge in [0, 0.05) is 32.5 Å². The van der Waals surface area contributed by atoms with Gasteiger partial charge in [0.05, 0.1) is 17.8 Å². The third kappa shape index (κ3) is 3.10. The number of hydrogen-bond acceptors (Lipinski definition) is 5. The molecule has 2 saturated heterocycles. The molecule has 2 amide bonds. The molecule has 28 heavy (non-hydrogen) atoms. The van der Waals surface area contributed by atoms with Crippen LogP contribution in [-0.4, -0.2) is 57.3 Å². The summed E-state index contributed by atoms with van der Waals surface area (Å²) in [6.07, 6.45) is 6.55. The van der Waals surface area contributed by atoms with Gasteiger partial charge in [0.1, 0.15) is 11.4 Å². The maximum Gasteiger partial charge on any atom is 0.258 e. The minimum atomic E-state index is -0.745. The Morgan fingerprint density at radius 3 is 2.64 bits per heavy atom. The van der Waals surface area contributed by atoms with Crippen LogP contribution in [0.2, 0.25) is 0 Å². The Morgan fingerprint density at radius 1 is 1.11 bits per heavy atom. The van der Waals surface area contributed by atoms with Crippen LogP contribution in [0.25, 0.3) is 0 Å². The number of pyridine rings is 2. The number of rotatable bonds is 4. The maximum absolute atomic E-state index is 13.5. The minimum absolute atomic E-state index is 0.0464. The number of amides is 2. The smallest absolute Gasteiger partial charge is 0.258 e. The van der Waals surface area contributed by atoms with Crippen LogP contribution in [-0.2, 0) is 11.3 Å². The molecule has 2 aromatic heterocycles. The molecule has 0 saturated carbocycles. The van der Waals surface area contributed by atoms with Crippen LogP contribution in [0, 0.1) is 0 Å². The second-order valence-electron chi connectivity index (χ2n) is 7.39. The van der Waals surface area contributed by atoms with Gasteiger partial charge in [-0.25, -0.2) is 4.98 Å². The zero-order valence-electron chi connectivity index (χ0n) is 16.1. The fraction of sp³-hybridized carbons (Fsp3) is 0.429. The maximum atomic E-state index is 13.5. The first-order chi connectivity index (χ1) is 13.7. The van der Waals surface area contributed by atoms with Crippen molar-refractivity contribution >= 4 is 17.6 Å². The molecule has 4 heterocycles. The summed E-state index contributed by atoms with van der Waals surface area (Å²) < 4.78 is 0. The SMILES string of the molecule is CNc1ncccc1C(=O)N1CCCC12CCCN(Cc1ccccn1)C2=O. The lowest BCUT2D eigenvalue weighted by Gasteiger charge is -2.44. The molecule has 2 aliphatic rings. The topological polar surface area (TPSA) is 78.4 Å². The predicted octanol–water partition coefficient (Wildman–Crippen LogP) is 2.32.